The van der Waals surface area contributed by atoms with E-state index >= 15 is 0 Å². The molecule has 2 aromatic rings. The molecule has 0 saturated heterocycles. The van der Waals surface area contributed by atoms with Crippen LogP contribution in [-0.4, -0.2) is 23.3 Å². The van der Waals surface area contributed by atoms with Crippen LogP contribution in [0.2, 0.25) is 0 Å². The first-order valence-corrected chi connectivity index (χ1v) is 5.89. The van der Waals surface area contributed by atoms with Crippen LogP contribution >= 0.6 is 0 Å². The Balaban J connectivity index is 2.11. The zero-order valence-electron chi connectivity index (χ0n) is 10.3. The number of rotatable bonds is 4. The molecule has 0 atom stereocenters. The number of carbonyl (C=O) groups excluding carboxylic acids is 1. The van der Waals surface area contributed by atoms with Gasteiger partial charge in [0.05, 0.1) is 12.3 Å². The summed E-state index contributed by atoms with van der Waals surface area (Å²) in [6.07, 6.45) is 0. The molecule has 96 valence electrons. The molecule has 2 N–H and O–H groups in total. The Kier molecular flexibility index (Phi) is 4.42. The highest BCUT2D eigenvalue weighted by Crippen LogP contribution is 2.01. The molecule has 0 unspecified atom stereocenters. The van der Waals surface area contributed by atoms with Crippen molar-refractivity contribution in [2.45, 2.75) is 0 Å². The number of aliphatic hydroxyl groups excluding tert-OH is 1. The number of hydrazone groups is 1. The van der Waals surface area contributed by atoms with Gasteiger partial charge in [0.15, 0.2) is 0 Å². The normalized spacial score (nSPS) is 11.1. The van der Waals surface area contributed by atoms with E-state index in [2.05, 4.69) is 10.5 Å². The van der Waals surface area contributed by atoms with Crippen LogP contribution in [0.1, 0.15) is 15.9 Å². The Morgan fingerprint density at radius 2 is 1.47 bits per heavy atom. The zero-order valence-corrected chi connectivity index (χ0v) is 10.3. The predicted molar refractivity (Wildman–Crippen MR) is 74.0 cm³/mol. The lowest BCUT2D eigenvalue weighted by Gasteiger charge is -2.04. The van der Waals surface area contributed by atoms with E-state index in [9.17, 15) is 9.90 Å². The molecule has 0 aliphatic rings. The molecule has 0 fully saturated rings. The third-order valence-electron chi connectivity index (χ3n) is 2.59. The molecule has 2 rings (SSSR count). The number of amides is 1. The largest absolute Gasteiger partial charge is 0.390 e. The lowest BCUT2D eigenvalue weighted by atomic mass is 10.1. The van der Waals surface area contributed by atoms with Crippen molar-refractivity contribution < 1.29 is 9.90 Å². The van der Waals surface area contributed by atoms with E-state index < -0.39 is 0 Å². The highest BCUT2D eigenvalue weighted by Gasteiger charge is 2.05. The number of benzene rings is 2. The summed E-state index contributed by atoms with van der Waals surface area (Å²) in [6.45, 7) is -0.237. The molecule has 0 heterocycles. The smallest absolute Gasteiger partial charge is 0.271 e. The number of aliphatic hydroxyl groups is 1. The Labute approximate surface area is 111 Å². The van der Waals surface area contributed by atoms with Crippen molar-refractivity contribution in [2.24, 2.45) is 5.10 Å². The molecule has 0 saturated carbocycles. The standard InChI is InChI=1S/C15H14N2O2/c18-11-14(12-7-3-1-4-8-12)16-17-15(19)13-9-5-2-6-10-13/h1-10,18H,11H2,(H,17,19). The van der Waals surface area contributed by atoms with Crippen molar-refractivity contribution in [3.63, 3.8) is 0 Å². The topological polar surface area (TPSA) is 61.7 Å². The van der Waals surface area contributed by atoms with Gasteiger partial charge >= 0.3 is 0 Å². The Morgan fingerprint density at radius 3 is 2.00 bits per heavy atom. The van der Waals surface area contributed by atoms with E-state index in [-0.39, 0.29) is 12.5 Å². The highest BCUT2D eigenvalue weighted by molar-refractivity contribution is 6.02. The molecule has 19 heavy (non-hydrogen) atoms. The van der Waals surface area contributed by atoms with Crippen LogP contribution in [0.25, 0.3) is 0 Å². The number of carbonyl (C=O) groups is 1. The summed E-state index contributed by atoms with van der Waals surface area (Å²) in [5, 5.41) is 13.2. The number of nitrogens with one attached hydrogen (secondary N) is 1. The van der Waals surface area contributed by atoms with Crippen LogP contribution in [0.15, 0.2) is 65.8 Å². The first-order valence-electron chi connectivity index (χ1n) is 5.89. The van der Waals surface area contributed by atoms with E-state index in [4.69, 9.17) is 0 Å². The second-order valence-corrected chi connectivity index (χ2v) is 3.89. The van der Waals surface area contributed by atoms with E-state index in [0.29, 0.717) is 11.3 Å². The van der Waals surface area contributed by atoms with Crippen molar-refractivity contribution in [2.75, 3.05) is 6.61 Å². The van der Waals surface area contributed by atoms with Gasteiger partial charge in [0.2, 0.25) is 0 Å². The molecule has 2 aromatic carbocycles. The molecule has 0 radical (unpaired) electrons. The fourth-order valence-corrected chi connectivity index (χ4v) is 1.59. The van der Waals surface area contributed by atoms with Crippen molar-refractivity contribution in [1.29, 1.82) is 0 Å². The molecule has 0 aliphatic carbocycles. The molecule has 0 aromatic heterocycles. The minimum Gasteiger partial charge on any atom is -0.390 e. The first kappa shape index (κ1) is 13.0. The minimum atomic E-state index is -0.303. The maximum Gasteiger partial charge on any atom is 0.271 e. The van der Waals surface area contributed by atoms with E-state index in [1.165, 1.54) is 0 Å². The van der Waals surface area contributed by atoms with Crippen LogP contribution in [0.5, 0.6) is 0 Å². The van der Waals surface area contributed by atoms with Crippen LogP contribution < -0.4 is 5.43 Å². The van der Waals surface area contributed by atoms with Crippen LogP contribution in [0, 0.1) is 0 Å². The average Bonchev–Trinajstić information content (AvgIpc) is 2.49. The first-order chi connectivity index (χ1) is 9.31. The summed E-state index contributed by atoms with van der Waals surface area (Å²) in [7, 11) is 0. The second-order valence-electron chi connectivity index (χ2n) is 3.89. The molecule has 4 nitrogen and oxygen atoms in total. The number of hydrogen-bond acceptors (Lipinski definition) is 3. The summed E-state index contributed by atoms with van der Waals surface area (Å²) in [5.41, 5.74) is 4.16. The number of nitrogens with zero attached hydrogens (tertiary/aromatic N) is 1. The van der Waals surface area contributed by atoms with Crippen LogP contribution in [0.4, 0.5) is 0 Å². The maximum absolute atomic E-state index is 11.8. The summed E-state index contributed by atoms with van der Waals surface area (Å²) in [4.78, 5) is 11.8. The van der Waals surface area contributed by atoms with Crippen LogP contribution in [0.3, 0.4) is 0 Å². The molecule has 0 bridgehead atoms. The molecular formula is C15H14N2O2. The summed E-state index contributed by atoms with van der Waals surface area (Å²) >= 11 is 0. The fourth-order valence-electron chi connectivity index (χ4n) is 1.59. The second kappa shape index (κ2) is 6.47. The van der Waals surface area contributed by atoms with Gasteiger partial charge in [0.25, 0.3) is 5.91 Å². The van der Waals surface area contributed by atoms with Crippen molar-refractivity contribution in [1.82, 2.24) is 5.43 Å². The molecular weight excluding hydrogens is 240 g/mol. The lowest BCUT2D eigenvalue weighted by Crippen LogP contribution is -2.21. The number of hydrogen-bond donors (Lipinski definition) is 2. The van der Waals surface area contributed by atoms with Gasteiger partial charge in [-0.2, -0.15) is 5.10 Å². The van der Waals surface area contributed by atoms with Gasteiger partial charge in [-0.25, -0.2) is 5.43 Å². The third kappa shape index (κ3) is 3.50. The average molecular weight is 254 g/mol. The summed E-state index contributed by atoms with van der Waals surface area (Å²) < 4.78 is 0. The quantitative estimate of drug-likeness (QED) is 0.645. The van der Waals surface area contributed by atoms with Gasteiger partial charge in [-0.05, 0) is 12.1 Å². The van der Waals surface area contributed by atoms with Gasteiger partial charge in [0.1, 0.15) is 0 Å². The van der Waals surface area contributed by atoms with E-state index in [1.807, 2.05) is 36.4 Å². The maximum atomic E-state index is 11.8. The van der Waals surface area contributed by atoms with Gasteiger partial charge < -0.3 is 5.11 Å². The summed E-state index contributed by atoms with van der Waals surface area (Å²) in [5.74, 6) is -0.303. The van der Waals surface area contributed by atoms with Crippen molar-refractivity contribution in [3.8, 4) is 0 Å². The monoisotopic (exact) mass is 254 g/mol. The van der Waals surface area contributed by atoms with Crippen molar-refractivity contribution in [3.05, 3.63) is 71.8 Å². The Hall–Kier alpha value is -2.46. The van der Waals surface area contributed by atoms with Crippen molar-refractivity contribution >= 4 is 11.6 Å². The lowest BCUT2D eigenvalue weighted by molar-refractivity contribution is 0.0954. The minimum absolute atomic E-state index is 0.237. The zero-order chi connectivity index (χ0) is 13.5. The van der Waals surface area contributed by atoms with E-state index in [1.54, 1.807) is 24.3 Å². The molecule has 0 aliphatic heterocycles. The molecule has 4 heteroatoms. The SMILES string of the molecule is O=C(NN=C(CO)c1ccccc1)c1ccccc1. The summed E-state index contributed by atoms with van der Waals surface area (Å²) in [6, 6.07) is 18.0. The molecule has 0 spiro atoms. The Morgan fingerprint density at radius 1 is 0.947 bits per heavy atom. The Bertz CT molecular complexity index is 565. The van der Waals surface area contributed by atoms with Gasteiger partial charge in [-0.15, -0.1) is 0 Å². The predicted octanol–water partition coefficient (Wildman–Crippen LogP) is 1.81. The molecule has 1 amide bonds. The van der Waals surface area contributed by atoms with E-state index in [0.717, 1.165) is 5.56 Å². The highest BCUT2D eigenvalue weighted by atomic mass is 16.3. The van der Waals surface area contributed by atoms with Gasteiger partial charge in [-0.1, -0.05) is 48.5 Å². The third-order valence-corrected chi connectivity index (χ3v) is 2.59. The van der Waals surface area contributed by atoms with Crippen LogP contribution in [-0.2, 0) is 0 Å². The fraction of sp³-hybridized carbons (Fsp3) is 0.0667. The van der Waals surface area contributed by atoms with Gasteiger partial charge in [0, 0.05) is 11.1 Å². The van der Waals surface area contributed by atoms with Gasteiger partial charge in [-0.3, -0.25) is 4.79 Å².